The maximum absolute atomic E-state index is 12.8. The van der Waals surface area contributed by atoms with Gasteiger partial charge in [-0.2, -0.15) is 0 Å². The van der Waals surface area contributed by atoms with Crippen LogP contribution in [-0.2, 0) is 14.3 Å². The van der Waals surface area contributed by atoms with Gasteiger partial charge in [-0.3, -0.25) is 10.1 Å². The minimum absolute atomic E-state index is 0.0319. The number of rotatable bonds is 5. The van der Waals surface area contributed by atoms with E-state index in [4.69, 9.17) is 18.9 Å². The molecule has 2 N–H and O–H groups in total. The zero-order chi connectivity index (χ0) is 23.1. The van der Waals surface area contributed by atoms with E-state index in [2.05, 4.69) is 12.2 Å². The van der Waals surface area contributed by atoms with Crippen molar-refractivity contribution < 1.29 is 33.6 Å². The fourth-order valence-corrected chi connectivity index (χ4v) is 6.45. The highest BCUT2D eigenvalue weighted by molar-refractivity contribution is 5.85. The molecule has 0 unspecified atom stereocenters. The van der Waals surface area contributed by atoms with Crippen LogP contribution in [-0.4, -0.2) is 50.2 Å². The lowest BCUT2D eigenvalue weighted by Crippen LogP contribution is -2.59. The van der Waals surface area contributed by atoms with Crippen molar-refractivity contribution in [3.63, 3.8) is 0 Å². The zero-order valence-corrected chi connectivity index (χ0v) is 19.2. The largest absolute Gasteiger partial charge is 0.497 e. The number of nitrogens with one attached hydrogen (secondary N) is 1. The smallest absolute Gasteiger partial charge is 0.411 e. The molecule has 1 aromatic rings. The van der Waals surface area contributed by atoms with Gasteiger partial charge in [0.05, 0.1) is 32.9 Å². The minimum Gasteiger partial charge on any atom is -0.497 e. The van der Waals surface area contributed by atoms with Crippen LogP contribution in [0.1, 0.15) is 46.0 Å². The van der Waals surface area contributed by atoms with Crippen molar-refractivity contribution in [3.05, 3.63) is 18.2 Å². The van der Waals surface area contributed by atoms with Crippen LogP contribution < -0.4 is 14.8 Å². The molecule has 4 rings (SSSR count). The SMILES string of the molecule is COc1cc(NC(=O)O[C@@H]2CC[C@]3(C)[C@@H](CC[C@@H]4OC(=O)C[C@H]43)[C@]2(C)CO)cc(OC)c1. The number of esters is 1. The number of anilines is 1. The molecule has 32 heavy (non-hydrogen) atoms. The average Bonchev–Trinajstić information content (AvgIpc) is 3.17. The second-order valence-electron chi connectivity index (χ2n) is 9.80. The topological polar surface area (TPSA) is 103 Å². The summed E-state index contributed by atoms with van der Waals surface area (Å²) in [5.41, 5.74) is -0.240. The molecule has 0 aromatic heterocycles. The molecule has 176 valence electrons. The number of benzene rings is 1. The van der Waals surface area contributed by atoms with E-state index in [0.29, 0.717) is 30.0 Å². The minimum atomic E-state index is -0.604. The first-order valence-corrected chi connectivity index (χ1v) is 11.2. The summed E-state index contributed by atoms with van der Waals surface area (Å²) in [5, 5.41) is 13.2. The predicted molar refractivity (Wildman–Crippen MR) is 117 cm³/mol. The Labute approximate surface area is 188 Å². The van der Waals surface area contributed by atoms with Crippen molar-refractivity contribution in [2.45, 2.75) is 58.2 Å². The van der Waals surface area contributed by atoms with Crippen LogP contribution in [0, 0.1) is 22.7 Å². The number of hydrogen-bond donors (Lipinski definition) is 2. The Morgan fingerprint density at radius 2 is 1.84 bits per heavy atom. The molecule has 8 heteroatoms. The summed E-state index contributed by atoms with van der Waals surface area (Å²) < 4.78 is 21.9. The van der Waals surface area contributed by atoms with Gasteiger partial charge in [0, 0.05) is 29.5 Å². The second-order valence-corrected chi connectivity index (χ2v) is 9.80. The fraction of sp³-hybridized carbons (Fsp3) is 0.667. The summed E-state index contributed by atoms with van der Waals surface area (Å²) in [6.07, 6.45) is 2.44. The van der Waals surface area contributed by atoms with Crippen LogP contribution in [0.2, 0.25) is 0 Å². The molecule has 1 amide bonds. The van der Waals surface area contributed by atoms with Crippen LogP contribution in [0.5, 0.6) is 11.5 Å². The van der Waals surface area contributed by atoms with Gasteiger partial charge in [0.1, 0.15) is 23.7 Å². The number of fused-ring (bicyclic) bond motifs is 3. The number of methoxy groups -OCH3 is 2. The number of ether oxygens (including phenoxy) is 4. The number of carbonyl (C=O) groups excluding carboxylic acids is 2. The van der Waals surface area contributed by atoms with Gasteiger partial charge in [-0.05, 0) is 37.0 Å². The van der Waals surface area contributed by atoms with Crippen molar-refractivity contribution in [2.24, 2.45) is 22.7 Å². The summed E-state index contributed by atoms with van der Waals surface area (Å²) in [6.45, 7) is 4.12. The van der Waals surface area contributed by atoms with Gasteiger partial charge in [-0.25, -0.2) is 4.79 Å². The van der Waals surface area contributed by atoms with E-state index in [1.54, 1.807) is 32.4 Å². The van der Waals surface area contributed by atoms with Crippen LogP contribution in [0.25, 0.3) is 0 Å². The molecule has 2 aliphatic carbocycles. The number of carbonyl (C=O) groups is 2. The van der Waals surface area contributed by atoms with Gasteiger partial charge >= 0.3 is 12.1 Å². The summed E-state index contributed by atoms with van der Waals surface area (Å²) in [7, 11) is 3.08. The van der Waals surface area contributed by atoms with Gasteiger partial charge in [-0.15, -0.1) is 0 Å². The van der Waals surface area contributed by atoms with Gasteiger partial charge in [0.15, 0.2) is 0 Å². The molecular weight excluding hydrogens is 414 g/mol. The summed E-state index contributed by atoms with van der Waals surface area (Å²) in [6, 6.07) is 5.09. The fourth-order valence-electron chi connectivity index (χ4n) is 6.45. The van der Waals surface area contributed by atoms with Crippen LogP contribution >= 0.6 is 0 Å². The summed E-state index contributed by atoms with van der Waals surface area (Å²) in [4.78, 5) is 24.8. The molecule has 6 atom stereocenters. The Morgan fingerprint density at radius 3 is 2.47 bits per heavy atom. The monoisotopic (exact) mass is 447 g/mol. The van der Waals surface area contributed by atoms with Crippen molar-refractivity contribution in [2.75, 3.05) is 26.1 Å². The molecular formula is C24H33NO7. The van der Waals surface area contributed by atoms with Crippen LogP contribution in [0.3, 0.4) is 0 Å². The highest BCUT2D eigenvalue weighted by Crippen LogP contribution is 2.62. The normalized spacial score (nSPS) is 35.8. The van der Waals surface area contributed by atoms with E-state index >= 15 is 0 Å². The molecule has 1 heterocycles. The van der Waals surface area contributed by atoms with E-state index in [9.17, 15) is 14.7 Å². The first-order chi connectivity index (χ1) is 15.2. The third kappa shape index (κ3) is 3.78. The van der Waals surface area contributed by atoms with Crippen molar-refractivity contribution in [3.8, 4) is 11.5 Å². The van der Waals surface area contributed by atoms with E-state index in [0.717, 1.165) is 19.3 Å². The molecule has 1 aromatic carbocycles. The first-order valence-electron chi connectivity index (χ1n) is 11.2. The average molecular weight is 448 g/mol. The lowest BCUT2D eigenvalue weighted by atomic mass is 9.46. The first kappa shape index (κ1) is 22.7. The van der Waals surface area contributed by atoms with Crippen molar-refractivity contribution in [1.29, 1.82) is 0 Å². The molecule has 0 radical (unpaired) electrons. The van der Waals surface area contributed by atoms with Gasteiger partial charge in [-0.1, -0.05) is 13.8 Å². The Hall–Kier alpha value is -2.48. The lowest BCUT2D eigenvalue weighted by molar-refractivity contribution is -0.174. The van der Waals surface area contributed by atoms with Crippen LogP contribution in [0.4, 0.5) is 10.5 Å². The Morgan fingerprint density at radius 1 is 1.16 bits per heavy atom. The number of aliphatic hydroxyl groups is 1. The molecule has 3 fully saturated rings. The number of hydrogen-bond acceptors (Lipinski definition) is 7. The van der Waals surface area contributed by atoms with Crippen molar-refractivity contribution >= 4 is 17.7 Å². The standard InChI is InChI=1S/C24H33NO7/c1-23-8-7-20(32-22(28)25-14-9-15(29-3)11-16(10-14)30-4)24(2,13-26)19(23)6-5-18-17(23)12-21(27)31-18/h9-11,17-20,26H,5-8,12-13H2,1-4H3,(H,25,28)/t17-,18+,19-,20-,23+,24+/m1/s1. The molecule has 1 saturated heterocycles. The number of aliphatic hydroxyl groups excluding tert-OH is 1. The summed E-state index contributed by atoms with van der Waals surface area (Å²) in [5.74, 6) is 1.26. The molecule has 1 aliphatic heterocycles. The second kappa shape index (κ2) is 8.46. The summed E-state index contributed by atoms with van der Waals surface area (Å²) >= 11 is 0. The third-order valence-corrected chi connectivity index (χ3v) is 8.17. The van der Waals surface area contributed by atoms with Gasteiger partial charge < -0.3 is 24.1 Å². The highest BCUT2D eigenvalue weighted by atomic mass is 16.6. The maximum Gasteiger partial charge on any atom is 0.411 e. The highest BCUT2D eigenvalue weighted by Gasteiger charge is 2.62. The molecule has 2 saturated carbocycles. The molecule has 3 aliphatic rings. The number of amides is 1. The Balaban J connectivity index is 1.50. The third-order valence-electron chi connectivity index (χ3n) is 8.17. The Kier molecular flexibility index (Phi) is 6.00. The molecule has 0 bridgehead atoms. The quantitative estimate of drug-likeness (QED) is 0.663. The van der Waals surface area contributed by atoms with Gasteiger partial charge in [0.2, 0.25) is 0 Å². The van der Waals surface area contributed by atoms with Crippen LogP contribution in [0.15, 0.2) is 18.2 Å². The van der Waals surface area contributed by atoms with Gasteiger partial charge in [0.25, 0.3) is 0 Å². The predicted octanol–water partition coefficient (Wildman–Crippen LogP) is 3.76. The zero-order valence-electron chi connectivity index (χ0n) is 19.2. The van der Waals surface area contributed by atoms with E-state index in [1.807, 2.05) is 6.92 Å². The van der Waals surface area contributed by atoms with Crippen molar-refractivity contribution in [1.82, 2.24) is 0 Å². The van der Waals surface area contributed by atoms with E-state index in [-0.39, 0.29) is 35.9 Å². The van der Waals surface area contributed by atoms with E-state index < -0.39 is 17.6 Å². The van der Waals surface area contributed by atoms with E-state index in [1.165, 1.54) is 0 Å². The maximum atomic E-state index is 12.8. The lowest BCUT2D eigenvalue weighted by Gasteiger charge is -2.59. The Bertz CT molecular complexity index is 867. The molecule has 0 spiro atoms. The molecule has 8 nitrogen and oxygen atoms in total.